The number of benzene rings is 1. The number of anilines is 1. The minimum atomic E-state index is 0.401. The average Bonchev–Trinajstić information content (AvgIpc) is 2.89. The molecule has 0 fully saturated rings. The van der Waals surface area contributed by atoms with E-state index in [1.54, 1.807) is 18.5 Å². The maximum absolute atomic E-state index is 5.84. The van der Waals surface area contributed by atoms with Crippen molar-refractivity contribution in [1.82, 2.24) is 15.1 Å². The minimum absolute atomic E-state index is 0.401. The van der Waals surface area contributed by atoms with Gasteiger partial charge >= 0.3 is 0 Å². The first-order valence-electron chi connectivity index (χ1n) is 5.85. The molecular weight excluding hydrogens is 240 g/mol. The Bertz CT molecular complexity index is 661. The Morgan fingerprint density at radius 1 is 1.11 bits per heavy atom. The summed E-state index contributed by atoms with van der Waals surface area (Å²) in [5.41, 5.74) is 9.10. The van der Waals surface area contributed by atoms with Gasteiger partial charge in [-0.15, -0.1) is 0 Å². The van der Waals surface area contributed by atoms with E-state index in [-0.39, 0.29) is 0 Å². The van der Waals surface area contributed by atoms with Crippen molar-refractivity contribution in [3.8, 4) is 22.8 Å². The van der Waals surface area contributed by atoms with Gasteiger partial charge in [-0.3, -0.25) is 4.98 Å². The van der Waals surface area contributed by atoms with E-state index in [1.807, 2.05) is 31.2 Å². The summed E-state index contributed by atoms with van der Waals surface area (Å²) in [6, 6.07) is 9.64. The summed E-state index contributed by atoms with van der Waals surface area (Å²) >= 11 is 0. The van der Waals surface area contributed by atoms with Gasteiger partial charge in [0.15, 0.2) is 0 Å². The quantitative estimate of drug-likeness (QED) is 0.758. The normalized spacial score (nSPS) is 10.6. The molecule has 0 aliphatic heterocycles. The van der Waals surface area contributed by atoms with Crippen LogP contribution in [0.5, 0.6) is 0 Å². The number of aryl methyl sites for hydroxylation is 1. The van der Waals surface area contributed by atoms with Crippen LogP contribution >= 0.6 is 0 Å². The third-order valence-corrected chi connectivity index (χ3v) is 2.89. The summed E-state index contributed by atoms with van der Waals surface area (Å²) in [7, 11) is 0. The highest BCUT2D eigenvalue weighted by molar-refractivity contribution is 5.70. The Labute approximate surface area is 110 Å². The topological polar surface area (TPSA) is 77.8 Å². The molecule has 19 heavy (non-hydrogen) atoms. The number of aromatic nitrogens is 3. The Hall–Kier alpha value is -2.69. The van der Waals surface area contributed by atoms with Crippen molar-refractivity contribution in [2.75, 3.05) is 5.73 Å². The second-order valence-electron chi connectivity index (χ2n) is 4.20. The molecule has 0 atom stereocenters. The maximum atomic E-state index is 5.84. The minimum Gasteiger partial charge on any atom is -0.397 e. The molecule has 0 bridgehead atoms. The van der Waals surface area contributed by atoms with Crippen LogP contribution in [0.1, 0.15) is 5.56 Å². The smallest absolute Gasteiger partial charge is 0.260 e. The molecule has 0 spiro atoms. The number of hydrogen-bond acceptors (Lipinski definition) is 5. The highest BCUT2D eigenvalue weighted by Gasteiger charge is 2.13. The van der Waals surface area contributed by atoms with Gasteiger partial charge in [0.25, 0.3) is 5.89 Å². The van der Waals surface area contributed by atoms with Gasteiger partial charge in [0, 0.05) is 11.8 Å². The summed E-state index contributed by atoms with van der Waals surface area (Å²) in [5, 5.41) is 4.00. The molecule has 2 aromatic heterocycles. The molecule has 0 aliphatic carbocycles. The first-order chi connectivity index (χ1) is 9.25. The Balaban J connectivity index is 2.06. The predicted octanol–water partition coefficient (Wildman–Crippen LogP) is 2.69. The van der Waals surface area contributed by atoms with Gasteiger partial charge in [-0.25, -0.2) is 0 Å². The lowest BCUT2D eigenvalue weighted by atomic mass is 10.1. The third kappa shape index (κ3) is 2.06. The van der Waals surface area contributed by atoms with Gasteiger partial charge in [0.1, 0.15) is 0 Å². The van der Waals surface area contributed by atoms with Crippen LogP contribution in [0.15, 0.2) is 47.2 Å². The van der Waals surface area contributed by atoms with Crippen molar-refractivity contribution in [2.24, 2.45) is 0 Å². The molecule has 2 N–H and O–H groups in total. The van der Waals surface area contributed by atoms with E-state index in [9.17, 15) is 0 Å². The summed E-state index contributed by atoms with van der Waals surface area (Å²) < 4.78 is 5.27. The van der Waals surface area contributed by atoms with Crippen LogP contribution < -0.4 is 5.73 Å². The summed E-state index contributed by atoms with van der Waals surface area (Å²) in [6.45, 7) is 2.01. The van der Waals surface area contributed by atoms with Crippen LogP contribution in [0.2, 0.25) is 0 Å². The van der Waals surface area contributed by atoms with E-state index in [0.717, 1.165) is 11.1 Å². The molecule has 0 amide bonds. The van der Waals surface area contributed by atoms with Crippen molar-refractivity contribution in [3.63, 3.8) is 0 Å². The molecule has 0 unspecified atom stereocenters. The van der Waals surface area contributed by atoms with Crippen LogP contribution in [0, 0.1) is 6.92 Å². The summed E-state index contributed by atoms with van der Waals surface area (Å²) in [4.78, 5) is 8.32. The largest absolute Gasteiger partial charge is 0.397 e. The van der Waals surface area contributed by atoms with Crippen molar-refractivity contribution in [1.29, 1.82) is 0 Å². The number of nitrogen functional groups attached to an aromatic ring is 1. The molecule has 5 heteroatoms. The van der Waals surface area contributed by atoms with Crippen molar-refractivity contribution < 1.29 is 4.52 Å². The average molecular weight is 252 g/mol. The third-order valence-electron chi connectivity index (χ3n) is 2.89. The molecule has 1 aromatic carbocycles. The van der Waals surface area contributed by atoms with Crippen LogP contribution in [0.3, 0.4) is 0 Å². The van der Waals surface area contributed by atoms with Crippen LogP contribution in [0.4, 0.5) is 5.69 Å². The lowest BCUT2D eigenvalue weighted by molar-refractivity contribution is 0.432. The van der Waals surface area contributed by atoms with Crippen LogP contribution in [-0.2, 0) is 0 Å². The number of nitrogens with zero attached hydrogens (tertiary/aromatic N) is 3. The van der Waals surface area contributed by atoms with E-state index in [4.69, 9.17) is 10.3 Å². The number of nitrogens with two attached hydrogens (primary N) is 1. The Morgan fingerprint density at radius 3 is 2.74 bits per heavy atom. The molecule has 5 nitrogen and oxygen atoms in total. The maximum Gasteiger partial charge on any atom is 0.260 e. The molecule has 0 radical (unpaired) electrons. The fourth-order valence-corrected chi connectivity index (χ4v) is 1.87. The van der Waals surface area contributed by atoms with Gasteiger partial charge < -0.3 is 10.3 Å². The number of pyridine rings is 1. The van der Waals surface area contributed by atoms with Gasteiger partial charge in [-0.1, -0.05) is 29.4 Å². The molecule has 0 saturated heterocycles. The number of hydrogen-bond donors (Lipinski definition) is 1. The summed E-state index contributed by atoms with van der Waals surface area (Å²) in [6.07, 6.45) is 3.20. The van der Waals surface area contributed by atoms with Crippen LogP contribution in [-0.4, -0.2) is 15.1 Å². The van der Waals surface area contributed by atoms with Gasteiger partial charge in [-0.05, 0) is 18.6 Å². The molecule has 0 aliphatic rings. The van der Waals surface area contributed by atoms with E-state index < -0.39 is 0 Å². The monoisotopic (exact) mass is 252 g/mol. The Kier molecular flexibility index (Phi) is 2.72. The second-order valence-corrected chi connectivity index (χ2v) is 4.20. The van der Waals surface area contributed by atoms with E-state index in [0.29, 0.717) is 23.0 Å². The molecule has 3 rings (SSSR count). The zero-order valence-corrected chi connectivity index (χ0v) is 10.4. The van der Waals surface area contributed by atoms with E-state index in [1.165, 1.54) is 0 Å². The van der Waals surface area contributed by atoms with Crippen LogP contribution in [0.25, 0.3) is 22.8 Å². The van der Waals surface area contributed by atoms with Crippen molar-refractivity contribution in [2.45, 2.75) is 6.92 Å². The highest BCUT2D eigenvalue weighted by atomic mass is 16.5. The first kappa shape index (κ1) is 11.4. The first-order valence-corrected chi connectivity index (χ1v) is 5.85. The van der Waals surface area contributed by atoms with Gasteiger partial charge in [0.2, 0.25) is 5.82 Å². The molecule has 94 valence electrons. The fraction of sp³-hybridized carbons (Fsp3) is 0.0714. The van der Waals surface area contributed by atoms with Crippen molar-refractivity contribution in [3.05, 3.63) is 48.3 Å². The molecule has 2 heterocycles. The SMILES string of the molecule is Cc1ccccc1-c1noc(-c2ccncc2N)n1. The lowest BCUT2D eigenvalue weighted by Crippen LogP contribution is -1.91. The van der Waals surface area contributed by atoms with E-state index >= 15 is 0 Å². The molecular formula is C14H12N4O. The van der Waals surface area contributed by atoms with E-state index in [2.05, 4.69) is 15.1 Å². The van der Waals surface area contributed by atoms with Gasteiger partial charge in [-0.2, -0.15) is 4.98 Å². The zero-order valence-electron chi connectivity index (χ0n) is 10.4. The highest BCUT2D eigenvalue weighted by Crippen LogP contribution is 2.26. The van der Waals surface area contributed by atoms with Gasteiger partial charge in [0.05, 0.1) is 17.4 Å². The summed E-state index contributed by atoms with van der Waals surface area (Å²) in [5.74, 6) is 0.961. The lowest BCUT2D eigenvalue weighted by Gasteiger charge is -1.99. The molecule has 0 saturated carbocycles. The number of rotatable bonds is 2. The standard InChI is InChI=1S/C14H12N4O/c1-9-4-2-3-5-10(9)13-17-14(19-18-13)11-6-7-16-8-12(11)15/h2-8H,15H2,1H3. The predicted molar refractivity (Wildman–Crippen MR) is 72.1 cm³/mol. The molecule has 3 aromatic rings. The zero-order chi connectivity index (χ0) is 13.2. The second kappa shape index (κ2) is 4.53. The Morgan fingerprint density at radius 2 is 1.95 bits per heavy atom. The fourth-order valence-electron chi connectivity index (χ4n) is 1.87. The van der Waals surface area contributed by atoms with Crippen molar-refractivity contribution >= 4 is 5.69 Å².